The van der Waals surface area contributed by atoms with E-state index in [4.69, 9.17) is 0 Å². The molecular formula is C15H22N2O4S. The van der Waals surface area contributed by atoms with Crippen molar-refractivity contribution in [1.29, 1.82) is 0 Å². The Morgan fingerprint density at radius 1 is 1.14 bits per heavy atom. The summed E-state index contributed by atoms with van der Waals surface area (Å²) in [7, 11) is -3.98. The molecule has 0 unspecified atom stereocenters. The average Bonchev–Trinajstić information content (AvgIpc) is 2.37. The molecule has 0 aliphatic rings. The lowest BCUT2D eigenvalue weighted by Crippen LogP contribution is -2.60. The van der Waals surface area contributed by atoms with Crippen LogP contribution in [0.15, 0.2) is 29.2 Å². The second-order valence-corrected chi connectivity index (χ2v) is 7.47. The standard InChI is InChI=1S/C15H22N2O4S/c1-10(2)15(5,16-12(4)18)14(19)17-22(20,21)13-8-6-11(3)7-9-13/h6-10H,1-5H3,(H,16,18)(H,17,19)/t15-/m0/s1. The topological polar surface area (TPSA) is 92.3 Å². The van der Waals surface area contributed by atoms with Crippen LogP contribution in [0.1, 0.15) is 33.3 Å². The van der Waals surface area contributed by atoms with Crippen LogP contribution in [0.3, 0.4) is 0 Å². The molecule has 0 aliphatic carbocycles. The van der Waals surface area contributed by atoms with Crippen LogP contribution in [0.25, 0.3) is 0 Å². The molecule has 0 saturated carbocycles. The summed E-state index contributed by atoms with van der Waals surface area (Å²) in [6.07, 6.45) is 0. The summed E-state index contributed by atoms with van der Waals surface area (Å²) < 4.78 is 26.6. The molecule has 0 radical (unpaired) electrons. The molecule has 1 rings (SSSR count). The van der Waals surface area contributed by atoms with E-state index >= 15 is 0 Å². The summed E-state index contributed by atoms with van der Waals surface area (Å²) in [5, 5.41) is 2.52. The molecule has 1 atom stereocenters. The van der Waals surface area contributed by atoms with Gasteiger partial charge in [0.2, 0.25) is 5.91 Å². The van der Waals surface area contributed by atoms with E-state index in [9.17, 15) is 18.0 Å². The minimum absolute atomic E-state index is 0.000353. The number of benzene rings is 1. The second kappa shape index (κ2) is 6.48. The van der Waals surface area contributed by atoms with Gasteiger partial charge in [0.25, 0.3) is 15.9 Å². The number of nitrogens with one attached hydrogen (secondary N) is 2. The van der Waals surface area contributed by atoms with Gasteiger partial charge in [-0.15, -0.1) is 0 Å². The van der Waals surface area contributed by atoms with Gasteiger partial charge in [-0.3, -0.25) is 9.59 Å². The number of hydrogen-bond acceptors (Lipinski definition) is 4. The van der Waals surface area contributed by atoms with E-state index in [2.05, 4.69) is 5.32 Å². The van der Waals surface area contributed by atoms with E-state index in [-0.39, 0.29) is 10.8 Å². The van der Waals surface area contributed by atoms with Gasteiger partial charge in [0.05, 0.1) is 4.90 Å². The molecule has 122 valence electrons. The molecule has 0 saturated heterocycles. The van der Waals surface area contributed by atoms with Crippen LogP contribution in [0.4, 0.5) is 0 Å². The minimum atomic E-state index is -3.98. The molecule has 0 fully saturated rings. The van der Waals surface area contributed by atoms with Gasteiger partial charge in [-0.2, -0.15) is 0 Å². The minimum Gasteiger partial charge on any atom is -0.342 e. The summed E-state index contributed by atoms with van der Waals surface area (Å²) in [5.41, 5.74) is -0.403. The SMILES string of the molecule is CC(=O)N[C@](C)(C(=O)NS(=O)(=O)c1ccc(C)cc1)C(C)C. The van der Waals surface area contributed by atoms with Gasteiger partial charge < -0.3 is 5.32 Å². The highest BCUT2D eigenvalue weighted by Gasteiger charge is 2.39. The fourth-order valence-corrected chi connectivity index (χ4v) is 2.90. The predicted molar refractivity (Wildman–Crippen MR) is 83.6 cm³/mol. The van der Waals surface area contributed by atoms with Crippen LogP contribution in [-0.4, -0.2) is 25.8 Å². The van der Waals surface area contributed by atoms with Crippen molar-refractivity contribution in [2.75, 3.05) is 0 Å². The van der Waals surface area contributed by atoms with Gasteiger partial charge in [-0.1, -0.05) is 31.5 Å². The zero-order valence-electron chi connectivity index (χ0n) is 13.4. The van der Waals surface area contributed by atoms with Gasteiger partial charge >= 0.3 is 0 Å². The number of carbonyl (C=O) groups excluding carboxylic acids is 2. The number of rotatable bonds is 5. The first kappa shape index (κ1) is 18.2. The molecule has 2 amide bonds. The Balaban J connectivity index is 3.07. The van der Waals surface area contributed by atoms with Crippen LogP contribution in [0, 0.1) is 12.8 Å². The third-order valence-corrected chi connectivity index (χ3v) is 4.97. The molecule has 0 bridgehead atoms. The zero-order chi connectivity index (χ0) is 17.1. The monoisotopic (exact) mass is 326 g/mol. The van der Waals surface area contributed by atoms with Crippen molar-refractivity contribution in [2.24, 2.45) is 5.92 Å². The summed E-state index contributed by atoms with van der Waals surface area (Å²) >= 11 is 0. The smallest absolute Gasteiger partial charge is 0.264 e. The lowest BCUT2D eigenvalue weighted by molar-refractivity contribution is -0.132. The predicted octanol–water partition coefficient (Wildman–Crippen LogP) is 1.35. The Bertz CT molecular complexity index is 665. The van der Waals surface area contributed by atoms with Crippen molar-refractivity contribution >= 4 is 21.8 Å². The van der Waals surface area contributed by atoms with E-state index < -0.39 is 27.4 Å². The highest BCUT2D eigenvalue weighted by atomic mass is 32.2. The van der Waals surface area contributed by atoms with Crippen molar-refractivity contribution in [1.82, 2.24) is 10.0 Å². The Kier molecular flexibility index (Phi) is 5.35. The Labute approximate surface area is 131 Å². The highest BCUT2D eigenvalue weighted by Crippen LogP contribution is 2.18. The first-order chi connectivity index (χ1) is 9.99. The fourth-order valence-electron chi connectivity index (χ4n) is 1.83. The van der Waals surface area contributed by atoms with Crippen molar-refractivity contribution in [3.8, 4) is 0 Å². The van der Waals surface area contributed by atoms with Crippen molar-refractivity contribution in [3.05, 3.63) is 29.8 Å². The van der Waals surface area contributed by atoms with Gasteiger partial charge in [-0.25, -0.2) is 13.1 Å². The number of aryl methyl sites for hydroxylation is 1. The molecule has 0 spiro atoms. The maximum Gasteiger partial charge on any atom is 0.264 e. The lowest BCUT2D eigenvalue weighted by Gasteiger charge is -2.32. The Morgan fingerprint density at radius 2 is 1.64 bits per heavy atom. The molecule has 1 aromatic carbocycles. The number of carbonyl (C=O) groups is 2. The van der Waals surface area contributed by atoms with Crippen molar-refractivity contribution in [3.63, 3.8) is 0 Å². The van der Waals surface area contributed by atoms with Gasteiger partial charge in [-0.05, 0) is 31.9 Å². The third-order valence-electron chi connectivity index (χ3n) is 3.62. The first-order valence-corrected chi connectivity index (χ1v) is 8.40. The maximum absolute atomic E-state index is 12.4. The second-order valence-electron chi connectivity index (χ2n) is 5.79. The first-order valence-electron chi connectivity index (χ1n) is 6.91. The summed E-state index contributed by atoms with van der Waals surface area (Å²) in [6.45, 7) is 8.07. The normalized spacial score (nSPS) is 14.3. The lowest BCUT2D eigenvalue weighted by atomic mass is 9.87. The van der Waals surface area contributed by atoms with E-state index in [1.807, 2.05) is 11.6 Å². The largest absolute Gasteiger partial charge is 0.342 e. The quantitative estimate of drug-likeness (QED) is 0.854. The molecule has 2 N–H and O–H groups in total. The molecule has 7 heteroatoms. The van der Waals surface area contributed by atoms with Gasteiger partial charge in [0, 0.05) is 6.92 Å². The number of amides is 2. The molecule has 0 aromatic heterocycles. The number of sulfonamides is 1. The van der Waals surface area contributed by atoms with Crippen molar-refractivity contribution < 1.29 is 18.0 Å². The third kappa shape index (κ3) is 4.07. The van der Waals surface area contributed by atoms with Crippen LogP contribution < -0.4 is 10.0 Å². The zero-order valence-corrected chi connectivity index (χ0v) is 14.2. The van der Waals surface area contributed by atoms with E-state index in [0.29, 0.717) is 0 Å². The van der Waals surface area contributed by atoms with Crippen LogP contribution in [0.2, 0.25) is 0 Å². The number of hydrogen-bond donors (Lipinski definition) is 2. The van der Waals surface area contributed by atoms with Crippen molar-refractivity contribution in [2.45, 2.75) is 45.1 Å². The van der Waals surface area contributed by atoms with Crippen LogP contribution in [-0.2, 0) is 19.6 Å². The van der Waals surface area contributed by atoms with E-state index in [0.717, 1.165) is 5.56 Å². The van der Waals surface area contributed by atoms with Gasteiger partial charge in [0.15, 0.2) is 0 Å². The molecule has 0 aliphatic heterocycles. The summed E-state index contributed by atoms with van der Waals surface area (Å²) in [4.78, 5) is 23.7. The molecule has 0 heterocycles. The molecule has 1 aromatic rings. The highest BCUT2D eigenvalue weighted by molar-refractivity contribution is 7.90. The fraction of sp³-hybridized carbons (Fsp3) is 0.467. The Hall–Kier alpha value is -1.89. The molecule has 22 heavy (non-hydrogen) atoms. The summed E-state index contributed by atoms with van der Waals surface area (Å²) in [6, 6.07) is 6.15. The van der Waals surface area contributed by atoms with E-state index in [1.165, 1.54) is 26.0 Å². The van der Waals surface area contributed by atoms with Crippen LogP contribution >= 0.6 is 0 Å². The van der Waals surface area contributed by atoms with Gasteiger partial charge in [0.1, 0.15) is 5.54 Å². The summed E-state index contributed by atoms with van der Waals surface area (Å²) in [5.74, 6) is -1.46. The molecule has 6 nitrogen and oxygen atoms in total. The van der Waals surface area contributed by atoms with E-state index in [1.54, 1.807) is 26.0 Å². The maximum atomic E-state index is 12.4. The molecular weight excluding hydrogens is 304 g/mol. The van der Waals surface area contributed by atoms with Crippen LogP contribution in [0.5, 0.6) is 0 Å². The Morgan fingerprint density at radius 3 is 2.05 bits per heavy atom. The average molecular weight is 326 g/mol.